The summed E-state index contributed by atoms with van der Waals surface area (Å²) in [6.07, 6.45) is 1.42. The molecule has 0 bridgehead atoms. The first kappa shape index (κ1) is 21.4. The maximum Gasteiger partial charge on any atom is 0.273 e. The average molecular weight is 462 g/mol. The molecule has 4 aromatic rings. The van der Waals surface area contributed by atoms with Gasteiger partial charge in [-0.25, -0.2) is 14.4 Å². The molecule has 1 amide bonds. The van der Waals surface area contributed by atoms with Crippen molar-refractivity contribution in [2.75, 3.05) is 31.1 Å². The van der Waals surface area contributed by atoms with Gasteiger partial charge in [-0.3, -0.25) is 14.9 Å². The summed E-state index contributed by atoms with van der Waals surface area (Å²) in [6, 6.07) is 10.4. The van der Waals surface area contributed by atoms with Gasteiger partial charge in [0.1, 0.15) is 12.1 Å². The van der Waals surface area contributed by atoms with E-state index in [1.54, 1.807) is 30.0 Å². The number of benzene rings is 2. The minimum atomic E-state index is -0.483. The zero-order valence-corrected chi connectivity index (χ0v) is 18.1. The van der Waals surface area contributed by atoms with Crippen LogP contribution in [0.25, 0.3) is 16.9 Å². The molecule has 3 heterocycles. The molecule has 172 valence electrons. The van der Waals surface area contributed by atoms with Crippen molar-refractivity contribution in [1.82, 2.24) is 29.9 Å². The zero-order chi connectivity index (χ0) is 23.8. The molecule has 2 aromatic heterocycles. The van der Waals surface area contributed by atoms with E-state index in [0.717, 1.165) is 0 Å². The maximum absolute atomic E-state index is 13.3. The number of piperazine rings is 1. The van der Waals surface area contributed by atoms with Crippen LogP contribution in [-0.2, 0) is 0 Å². The van der Waals surface area contributed by atoms with Crippen LogP contribution in [0.1, 0.15) is 15.9 Å². The Kier molecular flexibility index (Phi) is 5.32. The van der Waals surface area contributed by atoms with E-state index in [1.165, 1.54) is 35.3 Å². The van der Waals surface area contributed by atoms with Crippen LogP contribution in [0.5, 0.6) is 0 Å². The largest absolute Gasteiger partial charge is 0.351 e. The second-order valence-electron chi connectivity index (χ2n) is 7.83. The lowest BCUT2D eigenvalue weighted by Gasteiger charge is -2.35. The molecule has 2 aromatic carbocycles. The minimum Gasteiger partial charge on any atom is -0.351 e. The number of hydrogen-bond donors (Lipinski definition) is 0. The van der Waals surface area contributed by atoms with Crippen LogP contribution in [0.15, 0.2) is 48.8 Å². The maximum atomic E-state index is 13.3. The molecule has 0 saturated carbocycles. The monoisotopic (exact) mass is 462 g/mol. The smallest absolute Gasteiger partial charge is 0.273 e. The Labute approximate surface area is 192 Å². The lowest BCUT2D eigenvalue weighted by Crippen LogP contribution is -2.49. The lowest BCUT2D eigenvalue weighted by atomic mass is 10.1. The van der Waals surface area contributed by atoms with Crippen LogP contribution < -0.4 is 4.90 Å². The Morgan fingerprint density at radius 3 is 2.50 bits per heavy atom. The molecule has 0 atom stereocenters. The van der Waals surface area contributed by atoms with Gasteiger partial charge < -0.3 is 9.80 Å². The fraction of sp³-hybridized carbons (Fsp3) is 0.227. The number of carbonyl (C=O) groups excluding carboxylic acids is 1. The SMILES string of the molecule is Cc1c(C(=O)N2CCN(c3ncnc4c3nnn4-c3ccc(F)cc3)CC2)cccc1[N+](=O)[O-]. The van der Waals surface area contributed by atoms with Gasteiger partial charge in [-0.05, 0) is 37.3 Å². The van der Waals surface area contributed by atoms with Gasteiger partial charge in [-0.1, -0.05) is 11.3 Å². The van der Waals surface area contributed by atoms with E-state index in [-0.39, 0.29) is 17.4 Å². The van der Waals surface area contributed by atoms with Crippen molar-refractivity contribution in [1.29, 1.82) is 0 Å². The molecule has 1 saturated heterocycles. The van der Waals surface area contributed by atoms with E-state index in [0.29, 0.717) is 60.0 Å². The number of halogens is 1. The summed E-state index contributed by atoms with van der Waals surface area (Å²) < 4.78 is 14.8. The Bertz CT molecular complexity index is 1400. The number of nitro groups is 1. The molecular weight excluding hydrogens is 443 g/mol. The minimum absolute atomic E-state index is 0.0721. The predicted molar refractivity (Wildman–Crippen MR) is 120 cm³/mol. The van der Waals surface area contributed by atoms with Crippen LogP contribution in [0.2, 0.25) is 0 Å². The van der Waals surface area contributed by atoms with Crippen LogP contribution in [0, 0.1) is 22.9 Å². The molecule has 0 radical (unpaired) electrons. The Hall–Kier alpha value is -4.48. The molecule has 12 heteroatoms. The van der Waals surface area contributed by atoms with E-state index in [2.05, 4.69) is 20.3 Å². The Morgan fingerprint density at radius 1 is 1.06 bits per heavy atom. The van der Waals surface area contributed by atoms with Crippen LogP contribution in [0.4, 0.5) is 15.9 Å². The number of anilines is 1. The van der Waals surface area contributed by atoms with Gasteiger partial charge in [0.2, 0.25) is 0 Å². The Balaban J connectivity index is 1.36. The van der Waals surface area contributed by atoms with Gasteiger partial charge in [-0.15, -0.1) is 5.10 Å². The predicted octanol–water partition coefficient (Wildman–Crippen LogP) is 2.53. The van der Waals surface area contributed by atoms with Crippen molar-refractivity contribution in [3.8, 4) is 5.69 Å². The quantitative estimate of drug-likeness (QED) is 0.335. The first-order chi connectivity index (χ1) is 16.4. The summed E-state index contributed by atoms with van der Waals surface area (Å²) in [6.45, 7) is 3.41. The van der Waals surface area contributed by atoms with Crippen molar-refractivity contribution in [2.24, 2.45) is 0 Å². The highest BCUT2D eigenvalue weighted by Gasteiger charge is 2.27. The van der Waals surface area contributed by atoms with Gasteiger partial charge in [0, 0.05) is 43.4 Å². The molecule has 0 N–H and O–H groups in total. The van der Waals surface area contributed by atoms with E-state index in [4.69, 9.17) is 0 Å². The second-order valence-corrected chi connectivity index (χ2v) is 7.83. The van der Waals surface area contributed by atoms with Gasteiger partial charge >= 0.3 is 0 Å². The summed E-state index contributed by atoms with van der Waals surface area (Å²) in [5.74, 6) is 0.00383. The van der Waals surface area contributed by atoms with Crippen LogP contribution in [-0.4, -0.2) is 66.9 Å². The van der Waals surface area contributed by atoms with Crippen LogP contribution in [0.3, 0.4) is 0 Å². The third-order valence-electron chi connectivity index (χ3n) is 5.89. The number of carbonyl (C=O) groups is 1. The molecule has 1 fully saturated rings. The third kappa shape index (κ3) is 3.68. The van der Waals surface area contributed by atoms with E-state index in [1.807, 2.05) is 4.90 Å². The number of hydrogen-bond acceptors (Lipinski definition) is 8. The number of nitro benzene ring substituents is 1. The van der Waals surface area contributed by atoms with Crippen molar-refractivity contribution in [3.05, 3.63) is 75.9 Å². The molecule has 11 nitrogen and oxygen atoms in total. The summed E-state index contributed by atoms with van der Waals surface area (Å²) in [5, 5.41) is 19.6. The van der Waals surface area contributed by atoms with Gasteiger partial charge in [0.05, 0.1) is 10.6 Å². The molecule has 0 spiro atoms. The van der Waals surface area contributed by atoms with Crippen molar-refractivity contribution < 1.29 is 14.1 Å². The van der Waals surface area contributed by atoms with Gasteiger partial charge in [-0.2, -0.15) is 4.68 Å². The number of fused-ring (bicyclic) bond motifs is 1. The first-order valence-electron chi connectivity index (χ1n) is 10.5. The summed E-state index contributed by atoms with van der Waals surface area (Å²) in [4.78, 5) is 36.1. The molecule has 0 aliphatic carbocycles. The Morgan fingerprint density at radius 2 is 1.79 bits per heavy atom. The van der Waals surface area contributed by atoms with E-state index >= 15 is 0 Å². The van der Waals surface area contributed by atoms with Crippen LogP contribution >= 0.6 is 0 Å². The highest BCUT2D eigenvalue weighted by Crippen LogP contribution is 2.26. The molecule has 34 heavy (non-hydrogen) atoms. The number of amides is 1. The van der Waals surface area contributed by atoms with Crippen molar-refractivity contribution >= 4 is 28.6 Å². The van der Waals surface area contributed by atoms with Gasteiger partial charge in [0.15, 0.2) is 17.0 Å². The highest BCUT2D eigenvalue weighted by atomic mass is 19.1. The molecule has 5 rings (SSSR count). The van der Waals surface area contributed by atoms with Gasteiger partial charge in [0.25, 0.3) is 11.6 Å². The topological polar surface area (TPSA) is 123 Å². The summed E-state index contributed by atoms with van der Waals surface area (Å²) >= 11 is 0. The third-order valence-corrected chi connectivity index (χ3v) is 5.89. The van der Waals surface area contributed by atoms with E-state index < -0.39 is 4.92 Å². The summed E-state index contributed by atoms with van der Waals surface area (Å²) in [7, 11) is 0. The van der Waals surface area contributed by atoms with Crippen molar-refractivity contribution in [2.45, 2.75) is 6.92 Å². The number of nitrogens with zero attached hydrogens (tertiary/aromatic N) is 8. The normalized spacial score (nSPS) is 13.9. The molecular formula is C22H19FN8O3. The van der Waals surface area contributed by atoms with E-state index in [9.17, 15) is 19.3 Å². The fourth-order valence-electron chi connectivity index (χ4n) is 4.07. The lowest BCUT2D eigenvalue weighted by molar-refractivity contribution is -0.385. The molecule has 0 unspecified atom stereocenters. The fourth-order valence-corrected chi connectivity index (χ4v) is 4.07. The zero-order valence-electron chi connectivity index (χ0n) is 18.1. The standard InChI is InChI=1S/C22H19FN8O3/c1-14-17(3-2-4-18(14)31(33)34)22(32)29-11-9-28(10-12-29)20-19-21(25-13-24-20)30(27-26-19)16-7-5-15(23)6-8-16/h2-8,13H,9-12H2,1H3. The first-order valence-corrected chi connectivity index (χ1v) is 10.5. The number of aromatic nitrogens is 5. The average Bonchev–Trinajstić information content (AvgIpc) is 3.28. The second kappa shape index (κ2) is 8.46. The van der Waals surface area contributed by atoms with Crippen molar-refractivity contribution in [3.63, 3.8) is 0 Å². The molecule has 1 aliphatic rings. The highest BCUT2D eigenvalue weighted by molar-refractivity contribution is 5.96. The number of rotatable bonds is 4. The summed E-state index contributed by atoms with van der Waals surface area (Å²) in [5.41, 5.74) is 2.22. The molecule has 1 aliphatic heterocycles.